The number of hydrogen-bond acceptors (Lipinski definition) is 3. The van der Waals surface area contributed by atoms with Gasteiger partial charge in [0.05, 0.1) is 0 Å². The molecular weight excluding hydrogens is 252 g/mol. The number of aliphatic hydroxyl groups is 1. The fourth-order valence-electron chi connectivity index (χ4n) is 2.50. The zero-order valence-corrected chi connectivity index (χ0v) is 13.7. The minimum absolute atomic E-state index is 0.118. The van der Waals surface area contributed by atoms with Crippen LogP contribution in [0.3, 0.4) is 0 Å². The van der Waals surface area contributed by atoms with Gasteiger partial charge in [-0.25, -0.2) is 0 Å². The fourth-order valence-corrected chi connectivity index (χ4v) is 2.50. The van der Waals surface area contributed by atoms with Crippen LogP contribution in [-0.2, 0) is 4.79 Å². The third-order valence-electron chi connectivity index (χ3n) is 4.16. The van der Waals surface area contributed by atoms with Crippen molar-refractivity contribution in [1.29, 1.82) is 0 Å². The van der Waals surface area contributed by atoms with E-state index in [1.54, 1.807) is 0 Å². The average molecular weight is 286 g/mol. The number of carbonyl (C=O) groups is 1. The molecule has 4 N–H and O–H groups in total. The zero-order chi connectivity index (χ0) is 15.6. The predicted octanol–water partition coefficient (Wildman–Crippen LogP) is 2.30. The highest BCUT2D eigenvalue weighted by atomic mass is 16.3. The van der Waals surface area contributed by atoms with Crippen molar-refractivity contribution in [3.63, 3.8) is 0 Å². The molecule has 0 aromatic heterocycles. The van der Waals surface area contributed by atoms with Crippen molar-refractivity contribution in [3.8, 4) is 0 Å². The van der Waals surface area contributed by atoms with E-state index >= 15 is 0 Å². The number of carbonyl (C=O) groups excluding carboxylic acids is 1. The van der Waals surface area contributed by atoms with Gasteiger partial charge in [0.15, 0.2) is 0 Å². The molecule has 0 aliphatic heterocycles. The van der Waals surface area contributed by atoms with Gasteiger partial charge in [0, 0.05) is 19.6 Å². The summed E-state index contributed by atoms with van der Waals surface area (Å²) >= 11 is 0. The lowest BCUT2D eigenvalue weighted by atomic mass is 9.76. The molecule has 2 atom stereocenters. The van der Waals surface area contributed by atoms with E-state index in [1.807, 2.05) is 0 Å². The summed E-state index contributed by atoms with van der Waals surface area (Å²) in [6.45, 7) is 10.3. The van der Waals surface area contributed by atoms with E-state index in [0.29, 0.717) is 31.3 Å². The SMILES string of the molecule is CCC(CCO)CNC(=O)CCC(CCN)C(C)(C)C. The second kappa shape index (κ2) is 10.2. The molecule has 4 heteroatoms. The molecule has 0 fully saturated rings. The molecule has 20 heavy (non-hydrogen) atoms. The van der Waals surface area contributed by atoms with Crippen LogP contribution in [0, 0.1) is 17.3 Å². The van der Waals surface area contributed by atoms with Crippen molar-refractivity contribution in [2.45, 2.75) is 59.8 Å². The zero-order valence-electron chi connectivity index (χ0n) is 13.7. The van der Waals surface area contributed by atoms with Gasteiger partial charge in [-0.3, -0.25) is 4.79 Å². The first-order valence-corrected chi connectivity index (χ1v) is 7.92. The summed E-state index contributed by atoms with van der Waals surface area (Å²) in [6.07, 6.45) is 4.17. The molecule has 4 nitrogen and oxygen atoms in total. The molecule has 0 heterocycles. The molecule has 0 spiro atoms. The number of nitrogens with two attached hydrogens (primary N) is 1. The van der Waals surface area contributed by atoms with Gasteiger partial charge in [0.2, 0.25) is 5.91 Å². The maximum Gasteiger partial charge on any atom is 0.220 e. The molecule has 1 amide bonds. The lowest BCUT2D eigenvalue weighted by Gasteiger charge is -2.30. The lowest BCUT2D eigenvalue weighted by Crippen LogP contribution is -2.31. The van der Waals surface area contributed by atoms with Gasteiger partial charge < -0.3 is 16.2 Å². The highest BCUT2D eigenvalue weighted by molar-refractivity contribution is 5.75. The van der Waals surface area contributed by atoms with Crippen molar-refractivity contribution in [2.75, 3.05) is 19.7 Å². The third-order valence-corrected chi connectivity index (χ3v) is 4.16. The summed E-state index contributed by atoms with van der Waals surface area (Å²) in [5.74, 6) is 0.983. The van der Waals surface area contributed by atoms with Crippen molar-refractivity contribution in [2.24, 2.45) is 23.0 Å². The molecule has 0 radical (unpaired) electrons. The summed E-state index contributed by atoms with van der Waals surface area (Å²) in [4.78, 5) is 11.9. The van der Waals surface area contributed by atoms with E-state index in [0.717, 1.165) is 25.7 Å². The first-order valence-electron chi connectivity index (χ1n) is 7.92. The maximum atomic E-state index is 11.9. The van der Waals surface area contributed by atoms with Crippen LogP contribution in [0.2, 0.25) is 0 Å². The minimum atomic E-state index is 0.118. The molecule has 0 aliphatic rings. The van der Waals surface area contributed by atoms with E-state index in [-0.39, 0.29) is 17.9 Å². The van der Waals surface area contributed by atoms with Gasteiger partial charge in [-0.2, -0.15) is 0 Å². The topological polar surface area (TPSA) is 75.3 Å². The Labute approximate surface area is 124 Å². The second-order valence-corrected chi connectivity index (χ2v) is 6.77. The van der Waals surface area contributed by atoms with E-state index in [2.05, 4.69) is 33.0 Å². The summed E-state index contributed by atoms with van der Waals surface area (Å²) in [7, 11) is 0. The van der Waals surface area contributed by atoms with Crippen LogP contribution in [-0.4, -0.2) is 30.7 Å². The van der Waals surface area contributed by atoms with Gasteiger partial charge in [0.1, 0.15) is 0 Å². The van der Waals surface area contributed by atoms with E-state index < -0.39 is 0 Å². The fraction of sp³-hybridized carbons (Fsp3) is 0.938. The Morgan fingerprint density at radius 1 is 1.25 bits per heavy atom. The Hall–Kier alpha value is -0.610. The number of hydrogen-bond donors (Lipinski definition) is 3. The van der Waals surface area contributed by atoms with Gasteiger partial charge in [0.25, 0.3) is 0 Å². The summed E-state index contributed by atoms with van der Waals surface area (Å²) in [5.41, 5.74) is 5.85. The smallest absolute Gasteiger partial charge is 0.220 e. The Kier molecular flexibility index (Phi) is 9.86. The van der Waals surface area contributed by atoms with Crippen molar-refractivity contribution >= 4 is 5.91 Å². The number of amides is 1. The molecule has 0 bridgehead atoms. The molecule has 0 aromatic rings. The highest BCUT2D eigenvalue weighted by Crippen LogP contribution is 2.31. The van der Waals surface area contributed by atoms with Crippen LogP contribution >= 0.6 is 0 Å². The molecule has 0 aromatic carbocycles. The van der Waals surface area contributed by atoms with Gasteiger partial charge in [-0.1, -0.05) is 34.1 Å². The van der Waals surface area contributed by atoms with Crippen LogP contribution in [0.4, 0.5) is 0 Å². The van der Waals surface area contributed by atoms with E-state index in [1.165, 1.54) is 0 Å². The summed E-state index contributed by atoms with van der Waals surface area (Å²) < 4.78 is 0. The van der Waals surface area contributed by atoms with Crippen molar-refractivity contribution in [3.05, 3.63) is 0 Å². The molecule has 0 aliphatic carbocycles. The molecular formula is C16H34N2O2. The monoisotopic (exact) mass is 286 g/mol. The average Bonchev–Trinajstić information content (AvgIpc) is 2.37. The molecule has 120 valence electrons. The maximum absolute atomic E-state index is 11.9. The van der Waals surface area contributed by atoms with E-state index in [9.17, 15) is 4.79 Å². The standard InChI is InChI=1S/C16H34N2O2/c1-5-13(9-11-19)12-18-15(20)7-6-14(8-10-17)16(2,3)4/h13-14,19H,5-12,17H2,1-4H3,(H,18,20). The highest BCUT2D eigenvalue weighted by Gasteiger charge is 2.24. The molecule has 0 rings (SSSR count). The normalized spacial score (nSPS) is 14.9. The summed E-state index contributed by atoms with van der Waals surface area (Å²) in [6, 6.07) is 0. The van der Waals surface area contributed by atoms with Crippen LogP contribution in [0.5, 0.6) is 0 Å². The van der Waals surface area contributed by atoms with Crippen molar-refractivity contribution < 1.29 is 9.90 Å². The second-order valence-electron chi connectivity index (χ2n) is 6.77. The minimum Gasteiger partial charge on any atom is -0.396 e. The predicted molar refractivity (Wildman–Crippen MR) is 84.3 cm³/mol. The van der Waals surface area contributed by atoms with Gasteiger partial charge in [-0.05, 0) is 43.1 Å². The van der Waals surface area contributed by atoms with E-state index in [4.69, 9.17) is 10.8 Å². The molecule has 0 saturated carbocycles. The summed E-state index contributed by atoms with van der Waals surface area (Å²) in [5, 5.41) is 11.9. The molecule has 0 saturated heterocycles. The Balaban J connectivity index is 4.07. The quantitative estimate of drug-likeness (QED) is 0.577. The Morgan fingerprint density at radius 3 is 2.35 bits per heavy atom. The first kappa shape index (κ1) is 19.4. The Bertz CT molecular complexity index is 262. The first-order chi connectivity index (χ1) is 9.35. The Morgan fingerprint density at radius 2 is 1.90 bits per heavy atom. The van der Waals surface area contributed by atoms with Gasteiger partial charge >= 0.3 is 0 Å². The molecule has 2 unspecified atom stereocenters. The van der Waals surface area contributed by atoms with Crippen LogP contribution < -0.4 is 11.1 Å². The van der Waals surface area contributed by atoms with Crippen LogP contribution in [0.1, 0.15) is 59.8 Å². The number of aliphatic hydroxyl groups excluding tert-OH is 1. The lowest BCUT2D eigenvalue weighted by molar-refractivity contribution is -0.121. The van der Waals surface area contributed by atoms with Crippen LogP contribution in [0.25, 0.3) is 0 Å². The third kappa shape index (κ3) is 8.54. The van der Waals surface area contributed by atoms with Crippen LogP contribution in [0.15, 0.2) is 0 Å². The van der Waals surface area contributed by atoms with Gasteiger partial charge in [-0.15, -0.1) is 0 Å². The van der Waals surface area contributed by atoms with Crippen molar-refractivity contribution in [1.82, 2.24) is 5.32 Å². The largest absolute Gasteiger partial charge is 0.396 e. The number of nitrogens with one attached hydrogen (secondary N) is 1. The number of rotatable bonds is 10.